The lowest BCUT2D eigenvalue weighted by Gasteiger charge is -2.13. The van der Waals surface area contributed by atoms with E-state index in [2.05, 4.69) is 10.3 Å². The molecule has 0 atom stereocenters. The zero-order valence-corrected chi connectivity index (χ0v) is 15.0. The number of benzene rings is 1. The summed E-state index contributed by atoms with van der Waals surface area (Å²) >= 11 is 7.38. The number of nitrogens with one attached hydrogen (secondary N) is 1. The molecule has 3 rings (SSSR count). The lowest BCUT2D eigenvalue weighted by molar-refractivity contribution is -0.116. The highest BCUT2D eigenvalue weighted by Crippen LogP contribution is 2.35. The van der Waals surface area contributed by atoms with Crippen molar-refractivity contribution in [2.75, 3.05) is 19.5 Å². The Kier molecular flexibility index (Phi) is 4.91. The topological polar surface area (TPSA) is 82.4 Å². The number of carbonyl (C=O) groups excluding carboxylic acids is 1. The molecule has 0 unspecified atom stereocenters. The van der Waals surface area contributed by atoms with Crippen LogP contribution in [0.25, 0.3) is 10.2 Å². The molecule has 0 aliphatic rings. The Balaban J connectivity index is 1.83. The Morgan fingerprint density at radius 3 is 2.80 bits per heavy atom. The van der Waals surface area contributed by atoms with Crippen molar-refractivity contribution >= 4 is 44.7 Å². The Labute approximate surface area is 151 Å². The van der Waals surface area contributed by atoms with Crippen molar-refractivity contribution in [2.45, 2.75) is 6.54 Å². The first kappa shape index (κ1) is 17.2. The van der Waals surface area contributed by atoms with Crippen LogP contribution in [-0.2, 0) is 11.3 Å². The molecule has 1 N–H and O–H groups in total. The molecule has 7 nitrogen and oxygen atoms in total. The van der Waals surface area contributed by atoms with Crippen molar-refractivity contribution in [3.05, 3.63) is 45.3 Å². The van der Waals surface area contributed by atoms with Crippen molar-refractivity contribution in [1.82, 2.24) is 9.55 Å². The van der Waals surface area contributed by atoms with E-state index in [1.165, 1.54) is 42.5 Å². The number of halogens is 1. The maximum atomic E-state index is 12.3. The van der Waals surface area contributed by atoms with Gasteiger partial charge in [0.25, 0.3) is 5.56 Å². The average molecular weight is 380 g/mol. The fourth-order valence-electron chi connectivity index (χ4n) is 2.29. The Bertz CT molecular complexity index is 999. The van der Waals surface area contributed by atoms with E-state index in [-0.39, 0.29) is 12.1 Å². The number of aromatic nitrogens is 2. The van der Waals surface area contributed by atoms with Gasteiger partial charge in [-0.2, -0.15) is 0 Å². The van der Waals surface area contributed by atoms with Gasteiger partial charge in [0.05, 0.1) is 36.8 Å². The highest BCUT2D eigenvalue weighted by Gasteiger charge is 2.14. The van der Waals surface area contributed by atoms with Crippen LogP contribution < -0.4 is 20.3 Å². The Hall–Kier alpha value is -2.58. The van der Waals surface area contributed by atoms with Crippen molar-refractivity contribution < 1.29 is 14.3 Å². The zero-order valence-electron chi connectivity index (χ0n) is 13.4. The van der Waals surface area contributed by atoms with Gasteiger partial charge in [0, 0.05) is 6.07 Å². The highest BCUT2D eigenvalue weighted by molar-refractivity contribution is 7.17. The zero-order chi connectivity index (χ0) is 18.0. The Morgan fingerprint density at radius 1 is 1.32 bits per heavy atom. The van der Waals surface area contributed by atoms with Crippen LogP contribution in [0.2, 0.25) is 5.02 Å². The first-order valence-corrected chi connectivity index (χ1v) is 8.43. The molecule has 0 aliphatic carbocycles. The second kappa shape index (κ2) is 7.12. The number of hydrogen-bond donors (Lipinski definition) is 1. The number of ether oxygens (including phenoxy) is 2. The van der Waals surface area contributed by atoms with E-state index >= 15 is 0 Å². The predicted octanol–water partition coefficient (Wildman–Crippen LogP) is 2.77. The summed E-state index contributed by atoms with van der Waals surface area (Å²) < 4.78 is 12.1. The molecular formula is C16H14ClN3O4S. The van der Waals surface area contributed by atoms with Crippen molar-refractivity contribution in [3.8, 4) is 11.5 Å². The fourth-order valence-corrected chi connectivity index (χ4v) is 3.33. The second-order valence-electron chi connectivity index (χ2n) is 5.05. The summed E-state index contributed by atoms with van der Waals surface area (Å²) in [6.07, 6.45) is 1.36. The number of thiophene rings is 1. The molecule has 0 radical (unpaired) electrons. The lowest BCUT2D eigenvalue weighted by Crippen LogP contribution is -2.27. The van der Waals surface area contributed by atoms with Crippen molar-refractivity contribution in [2.24, 2.45) is 0 Å². The summed E-state index contributed by atoms with van der Waals surface area (Å²) in [6.45, 7) is -0.174. The monoisotopic (exact) mass is 379 g/mol. The van der Waals surface area contributed by atoms with E-state index in [0.29, 0.717) is 32.4 Å². The molecule has 0 saturated carbocycles. The molecule has 0 aliphatic heterocycles. The van der Waals surface area contributed by atoms with Gasteiger partial charge >= 0.3 is 0 Å². The van der Waals surface area contributed by atoms with Crippen LogP contribution in [0, 0.1) is 0 Å². The van der Waals surface area contributed by atoms with Crippen LogP contribution in [0.1, 0.15) is 0 Å². The molecule has 0 fully saturated rings. The maximum absolute atomic E-state index is 12.3. The van der Waals surface area contributed by atoms with Crippen LogP contribution >= 0.6 is 22.9 Å². The Morgan fingerprint density at radius 2 is 2.08 bits per heavy atom. The van der Waals surface area contributed by atoms with Gasteiger partial charge in [-0.25, -0.2) is 4.98 Å². The number of anilines is 1. The molecule has 25 heavy (non-hydrogen) atoms. The maximum Gasteiger partial charge on any atom is 0.271 e. The standard InChI is InChI=1S/C16H14ClN3O4S/c1-23-12-6-13(24-2)11(5-9(12)17)19-14(21)7-20-8-18-10-3-4-25-15(10)16(20)22/h3-6,8H,7H2,1-2H3,(H,19,21). The molecule has 9 heteroatoms. The third-order valence-corrected chi connectivity index (χ3v) is 4.68. The van der Waals surface area contributed by atoms with Crippen LogP contribution in [-0.4, -0.2) is 29.7 Å². The minimum atomic E-state index is -0.403. The molecule has 0 bridgehead atoms. The third kappa shape index (κ3) is 3.45. The SMILES string of the molecule is COc1cc(OC)c(NC(=O)Cn2cnc3ccsc3c2=O)cc1Cl. The van der Waals surface area contributed by atoms with Gasteiger partial charge in [0.15, 0.2) is 0 Å². The number of rotatable bonds is 5. The van der Waals surface area contributed by atoms with Gasteiger partial charge < -0.3 is 14.8 Å². The average Bonchev–Trinajstić information content (AvgIpc) is 3.07. The van der Waals surface area contributed by atoms with Crippen molar-refractivity contribution in [3.63, 3.8) is 0 Å². The van der Waals surface area contributed by atoms with Gasteiger partial charge in [-0.15, -0.1) is 11.3 Å². The summed E-state index contributed by atoms with van der Waals surface area (Å²) in [5, 5.41) is 4.80. The number of hydrogen-bond acceptors (Lipinski definition) is 6. The van der Waals surface area contributed by atoms with Gasteiger partial charge in [0.1, 0.15) is 22.7 Å². The fraction of sp³-hybridized carbons (Fsp3) is 0.188. The van der Waals surface area contributed by atoms with E-state index in [4.69, 9.17) is 21.1 Å². The molecule has 0 spiro atoms. The largest absolute Gasteiger partial charge is 0.495 e. The second-order valence-corrected chi connectivity index (χ2v) is 6.37. The molecule has 1 aromatic carbocycles. The number of fused-ring (bicyclic) bond motifs is 1. The van der Waals surface area contributed by atoms with Crippen LogP contribution in [0.5, 0.6) is 11.5 Å². The number of carbonyl (C=O) groups is 1. The van der Waals surface area contributed by atoms with Gasteiger partial charge in [-0.05, 0) is 17.5 Å². The number of amides is 1. The summed E-state index contributed by atoms with van der Waals surface area (Å²) in [5.74, 6) is 0.424. The minimum absolute atomic E-state index is 0.174. The molecular weight excluding hydrogens is 366 g/mol. The van der Waals surface area contributed by atoms with E-state index in [9.17, 15) is 9.59 Å². The van der Waals surface area contributed by atoms with E-state index in [0.717, 1.165) is 0 Å². The molecule has 1 amide bonds. The quantitative estimate of drug-likeness (QED) is 0.737. The first-order valence-electron chi connectivity index (χ1n) is 7.17. The van der Waals surface area contributed by atoms with Crippen LogP contribution in [0.15, 0.2) is 34.7 Å². The van der Waals surface area contributed by atoms with Crippen LogP contribution in [0.4, 0.5) is 5.69 Å². The number of methoxy groups -OCH3 is 2. The minimum Gasteiger partial charge on any atom is -0.495 e. The summed E-state index contributed by atoms with van der Waals surface area (Å²) in [5.41, 5.74) is 0.752. The molecule has 0 saturated heterocycles. The normalized spacial score (nSPS) is 10.7. The van der Waals surface area contributed by atoms with Gasteiger partial charge in [-0.3, -0.25) is 14.2 Å². The number of nitrogens with zero attached hydrogens (tertiary/aromatic N) is 2. The molecule has 2 heterocycles. The van der Waals surface area contributed by atoms with Crippen molar-refractivity contribution in [1.29, 1.82) is 0 Å². The summed E-state index contributed by atoms with van der Waals surface area (Å²) in [6, 6.07) is 4.86. The summed E-state index contributed by atoms with van der Waals surface area (Å²) in [7, 11) is 2.95. The predicted molar refractivity (Wildman–Crippen MR) is 97.1 cm³/mol. The highest BCUT2D eigenvalue weighted by atomic mass is 35.5. The van der Waals surface area contributed by atoms with Gasteiger partial charge in [0.2, 0.25) is 5.91 Å². The third-order valence-electron chi connectivity index (χ3n) is 3.50. The first-order chi connectivity index (χ1) is 12.0. The lowest BCUT2D eigenvalue weighted by atomic mass is 10.2. The molecule has 130 valence electrons. The summed E-state index contributed by atoms with van der Waals surface area (Å²) in [4.78, 5) is 28.8. The van der Waals surface area contributed by atoms with E-state index < -0.39 is 5.91 Å². The smallest absolute Gasteiger partial charge is 0.271 e. The van der Waals surface area contributed by atoms with E-state index in [1.54, 1.807) is 17.5 Å². The molecule has 3 aromatic rings. The van der Waals surface area contributed by atoms with Gasteiger partial charge in [-0.1, -0.05) is 11.6 Å². The van der Waals surface area contributed by atoms with Crippen LogP contribution in [0.3, 0.4) is 0 Å². The molecule has 2 aromatic heterocycles. The van der Waals surface area contributed by atoms with E-state index in [1.807, 2.05) is 0 Å².